The van der Waals surface area contributed by atoms with Crippen LogP contribution >= 0.6 is 23.4 Å². The zero-order chi connectivity index (χ0) is 16.2. The molecular formula is C15H11ClF3NOS. The number of alkyl halides is 3. The molecule has 0 saturated carbocycles. The highest BCUT2D eigenvalue weighted by molar-refractivity contribution is 8.00. The van der Waals surface area contributed by atoms with Crippen molar-refractivity contribution in [1.29, 1.82) is 0 Å². The average molecular weight is 346 g/mol. The zero-order valence-electron chi connectivity index (χ0n) is 11.2. The second-order valence-corrected chi connectivity index (χ2v) is 5.73. The monoisotopic (exact) mass is 345 g/mol. The van der Waals surface area contributed by atoms with Crippen LogP contribution in [0.5, 0.6) is 0 Å². The third kappa shape index (κ3) is 4.42. The van der Waals surface area contributed by atoms with Crippen molar-refractivity contribution in [2.75, 3.05) is 11.1 Å². The van der Waals surface area contributed by atoms with Gasteiger partial charge in [-0.2, -0.15) is 13.2 Å². The smallest absolute Gasteiger partial charge is 0.325 e. The quantitative estimate of drug-likeness (QED) is 0.782. The molecule has 116 valence electrons. The Bertz CT molecular complexity index is 676. The number of carbonyl (C=O) groups is 1. The highest BCUT2D eigenvalue weighted by Gasteiger charge is 2.33. The van der Waals surface area contributed by atoms with Gasteiger partial charge in [-0.05, 0) is 24.3 Å². The lowest BCUT2D eigenvalue weighted by molar-refractivity contribution is -0.137. The van der Waals surface area contributed by atoms with Crippen LogP contribution in [-0.2, 0) is 11.0 Å². The largest absolute Gasteiger partial charge is 0.418 e. The predicted molar refractivity (Wildman–Crippen MR) is 82.2 cm³/mol. The van der Waals surface area contributed by atoms with Crippen LogP contribution in [0.2, 0.25) is 5.02 Å². The maximum absolute atomic E-state index is 12.8. The molecule has 0 aliphatic heterocycles. The number of hydrogen-bond donors (Lipinski definition) is 1. The maximum atomic E-state index is 12.8. The first-order valence-electron chi connectivity index (χ1n) is 6.21. The Hall–Kier alpha value is -1.66. The van der Waals surface area contributed by atoms with Crippen LogP contribution in [0.1, 0.15) is 5.56 Å². The van der Waals surface area contributed by atoms with Gasteiger partial charge in [0.2, 0.25) is 5.91 Å². The van der Waals surface area contributed by atoms with Crippen LogP contribution in [0, 0.1) is 0 Å². The highest BCUT2D eigenvalue weighted by Crippen LogP contribution is 2.34. The normalized spacial score (nSPS) is 11.3. The molecule has 1 N–H and O–H groups in total. The molecule has 0 aliphatic carbocycles. The number of thioether (sulfide) groups is 1. The molecule has 0 spiro atoms. The molecular weight excluding hydrogens is 335 g/mol. The van der Waals surface area contributed by atoms with Gasteiger partial charge in [0.25, 0.3) is 0 Å². The molecule has 0 radical (unpaired) electrons. The molecule has 0 aliphatic rings. The molecule has 1 amide bonds. The SMILES string of the molecule is O=C(CSc1ccccc1Cl)Nc1ccccc1C(F)(F)F. The first kappa shape index (κ1) is 16.7. The summed E-state index contributed by atoms with van der Waals surface area (Å²) in [5.41, 5.74) is -1.12. The Morgan fingerprint density at radius 3 is 2.41 bits per heavy atom. The topological polar surface area (TPSA) is 29.1 Å². The number of amides is 1. The molecule has 0 fully saturated rings. The van der Waals surface area contributed by atoms with Crippen molar-refractivity contribution in [3.05, 3.63) is 59.1 Å². The Labute approximate surface area is 134 Å². The predicted octanol–water partition coefficient (Wildman–Crippen LogP) is 5.09. The van der Waals surface area contributed by atoms with Gasteiger partial charge in [0.15, 0.2) is 0 Å². The third-order valence-corrected chi connectivity index (χ3v) is 4.22. The van der Waals surface area contributed by atoms with E-state index in [1.54, 1.807) is 24.3 Å². The van der Waals surface area contributed by atoms with E-state index in [-0.39, 0.29) is 11.4 Å². The van der Waals surface area contributed by atoms with E-state index in [2.05, 4.69) is 5.32 Å². The van der Waals surface area contributed by atoms with Gasteiger partial charge in [-0.3, -0.25) is 4.79 Å². The molecule has 0 bridgehead atoms. The van der Waals surface area contributed by atoms with Gasteiger partial charge in [0.1, 0.15) is 0 Å². The van der Waals surface area contributed by atoms with E-state index >= 15 is 0 Å². The van der Waals surface area contributed by atoms with Crippen LogP contribution < -0.4 is 5.32 Å². The number of halogens is 4. The van der Waals surface area contributed by atoms with E-state index in [9.17, 15) is 18.0 Å². The van der Waals surface area contributed by atoms with Gasteiger partial charge in [0.05, 0.1) is 22.0 Å². The number of anilines is 1. The number of benzene rings is 2. The Balaban J connectivity index is 2.03. The van der Waals surface area contributed by atoms with Gasteiger partial charge in [-0.25, -0.2) is 0 Å². The summed E-state index contributed by atoms with van der Waals surface area (Å²) in [5.74, 6) is -0.558. The molecule has 0 saturated heterocycles. The van der Waals surface area contributed by atoms with Crippen LogP contribution in [0.3, 0.4) is 0 Å². The van der Waals surface area contributed by atoms with Crippen molar-refractivity contribution in [2.45, 2.75) is 11.1 Å². The van der Waals surface area contributed by atoms with E-state index < -0.39 is 17.6 Å². The lowest BCUT2D eigenvalue weighted by Gasteiger charge is -2.13. The number of rotatable bonds is 4. The summed E-state index contributed by atoms with van der Waals surface area (Å²) in [6.07, 6.45) is -4.51. The van der Waals surface area contributed by atoms with Gasteiger partial charge in [-0.1, -0.05) is 35.9 Å². The van der Waals surface area contributed by atoms with Crippen molar-refractivity contribution in [3.63, 3.8) is 0 Å². The van der Waals surface area contributed by atoms with Crippen LogP contribution in [0.4, 0.5) is 18.9 Å². The van der Waals surface area contributed by atoms with Crippen molar-refractivity contribution in [2.24, 2.45) is 0 Å². The van der Waals surface area contributed by atoms with Crippen LogP contribution in [-0.4, -0.2) is 11.7 Å². The first-order chi connectivity index (χ1) is 10.4. The van der Waals surface area contributed by atoms with Crippen molar-refractivity contribution >= 4 is 35.0 Å². The standard InChI is InChI=1S/C15H11ClF3NOS/c16-11-6-2-4-8-13(11)22-9-14(21)20-12-7-3-1-5-10(12)15(17,18)19/h1-8H,9H2,(H,20,21). The summed E-state index contributed by atoms with van der Waals surface area (Å²) in [4.78, 5) is 12.5. The zero-order valence-corrected chi connectivity index (χ0v) is 12.7. The van der Waals surface area contributed by atoms with Crippen LogP contribution in [0.15, 0.2) is 53.4 Å². The molecule has 2 aromatic carbocycles. The average Bonchev–Trinajstić information content (AvgIpc) is 2.46. The van der Waals surface area contributed by atoms with Crippen molar-refractivity contribution in [3.8, 4) is 0 Å². The second kappa shape index (κ2) is 7.07. The lowest BCUT2D eigenvalue weighted by Crippen LogP contribution is -2.18. The summed E-state index contributed by atoms with van der Waals surface area (Å²) in [7, 11) is 0. The minimum atomic E-state index is -4.51. The first-order valence-corrected chi connectivity index (χ1v) is 7.57. The summed E-state index contributed by atoms with van der Waals surface area (Å²) < 4.78 is 38.5. The molecule has 0 heterocycles. The lowest BCUT2D eigenvalue weighted by atomic mass is 10.1. The van der Waals surface area contributed by atoms with Gasteiger partial charge < -0.3 is 5.32 Å². The summed E-state index contributed by atoms with van der Waals surface area (Å²) in [6.45, 7) is 0. The highest BCUT2D eigenvalue weighted by atomic mass is 35.5. The molecule has 2 aromatic rings. The van der Waals surface area contributed by atoms with E-state index in [0.29, 0.717) is 9.92 Å². The number of carbonyl (C=O) groups excluding carboxylic acids is 1. The Morgan fingerprint density at radius 2 is 1.73 bits per heavy atom. The van der Waals surface area contributed by atoms with Crippen molar-refractivity contribution < 1.29 is 18.0 Å². The molecule has 2 rings (SSSR count). The maximum Gasteiger partial charge on any atom is 0.418 e. The van der Waals surface area contributed by atoms with Crippen molar-refractivity contribution in [1.82, 2.24) is 0 Å². The summed E-state index contributed by atoms with van der Waals surface area (Å²) in [5, 5.41) is 2.78. The molecule has 0 atom stereocenters. The summed E-state index contributed by atoms with van der Waals surface area (Å²) in [6, 6.07) is 11.8. The fraction of sp³-hybridized carbons (Fsp3) is 0.133. The number of para-hydroxylation sites is 1. The van der Waals surface area contributed by atoms with E-state index in [4.69, 9.17) is 11.6 Å². The van der Waals surface area contributed by atoms with E-state index in [0.717, 1.165) is 17.8 Å². The second-order valence-electron chi connectivity index (χ2n) is 4.31. The fourth-order valence-corrected chi connectivity index (χ4v) is 2.77. The molecule has 2 nitrogen and oxygen atoms in total. The minimum Gasteiger partial charge on any atom is -0.325 e. The minimum absolute atomic E-state index is 0.0318. The third-order valence-electron chi connectivity index (χ3n) is 2.70. The molecule has 0 aromatic heterocycles. The number of nitrogens with one attached hydrogen (secondary N) is 1. The van der Waals surface area contributed by atoms with Gasteiger partial charge in [0, 0.05) is 4.90 Å². The summed E-state index contributed by atoms with van der Waals surface area (Å²) >= 11 is 7.11. The van der Waals surface area contributed by atoms with Gasteiger partial charge >= 0.3 is 6.18 Å². The van der Waals surface area contributed by atoms with Gasteiger partial charge in [-0.15, -0.1) is 11.8 Å². The fourth-order valence-electron chi connectivity index (χ4n) is 1.73. The van der Waals surface area contributed by atoms with Crippen LogP contribution in [0.25, 0.3) is 0 Å². The molecule has 0 unspecified atom stereocenters. The van der Waals surface area contributed by atoms with E-state index in [1.165, 1.54) is 18.2 Å². The Morgan fingerprint density at radius 1 is 1.09 bits per heavy atom. The molecule has 22 heavy (non-hydrogen) atoms. The van der Waals surface area contributed by atoms with E-state index in [1.807, 2.05) is 0 Å². The molecule has 7 heteroatoms. The number of hydrogen-bond acceptors (Lipinski definition) is 2. The Kier molecular flexibility index (Phi) is 5.37.